The van der Waals surface area contributed by atoms with Gasteiger partial charge in [-0.05, 0) is 38.7 Å². The summed E-state index contributed by atoms with van der Waals surface area (Å²) in [5.41, 5.74) is 0.780. The van der Waals surface area contributed by atoms with Gasteiger partial charge in [0.1, 0.15) is 11.5 Å². The van der Waals surface area contributed by atoms with Crippen LogP contribution in [0, 0.1) is 25.7 Å². The smallest absolute Gasteiger partial charge is 0.169 e. The molecule has 2 nitrogen and oxygen atoms in total. The molecule has 0 bridgehead atoms. The molecular weight excluding hydrogens is 176 g/mol. The molecule has 1 heterocycles. The van der Waals surface area contributed by atoms with Gasteiger partial charge in [-0.25, -0.2) is 0 Å². The van der Waals surface area contributed by atoms with Crippen LogP contribution in [0.15, 0.2) is 10.5 Å². The van der Waals surface area contributed by atoms with Gasteiger partial charge in [-0.3, -0.25) is 4.79 Å². The third-order valence-electron chi connectivity index (χ3n) is 3.05. The first-order valence-electron chi connectivity index (χ1n) is 5.21. The summed E-state index contributed by atoms with van der Waals surface area (Å²) in [6, 6.07) is 1.86. The first kappa shape index (κ1) is 9.50. The minimum atomic E-state index is 0.172. The molecule has 1 aliphatic rings. The van der Waals surface area contributed by atoms with Crippen LogP contribution < -0.4 is 0 Å². The summed E-state index contributed by atoms with van der Waals surface area (Å²) in [7, 11) is 0. The van der Waals surface area contributed by atoms with Gasteiger partial charge in [0.15, 0.2) is 5.78 Å². The van der Waals surface area contributed by atoms with Crippen molar-refractivity contribution in [1.82, 2.24) is 0 Å². The summed E-state index contributed by atoms with van der Waals surface area (Å²) in [5.74, 6) is 2.64. The van der Waals surface area contributed by atoms with Crippen molar-refractivity contribution in [2.45, 2.75) is 33.6 Å². The number of carbonyl (C=O) groups is 1. The van der Waals surface area contributed by atoms with Crippen molar-refractivity contribution in [1.29, 1.82) is 0 Å². The number of rotatable bonds is 3. The summed E-state index contributed by atoms with van der Waals surface area (Å²) in [6.45, 7) is 5.77. The lowest BCUT2D eigenvalue weighted by Gasteiger charge is -2.06. The van der Waals surface area contributed by atoms with Crippen molar-refractivity contribution in [3.8, 4) is 0 Å². The zero-order chi connectivity index (χ0) is 10.3. The number of furan rings is 1. The molecule has 0 aromatic carbocycles. The molecule has 1 aromatic heterocycles. The van der Waals surface area contributed by atoms with Gasteiger partial charge >= 0.3 is 0 Å². The van der Waals surface area contributed by atoms with E-state index in [4.69, 9.17) is 4.42 Å². The van der Waals surface area contributed by atoms with Gasteiger partial charge in [0.25, 0.3) is 0 Å². The fraction of sp³-hybridized carbons (Fsp3) is 0.583. The highest BCUT2D eigenvalue weighted by Crippen LogP contribution is 2.38. The zero-order valence-electron chi connectivity index (χ0n) is 8.96. The first-order valence-corrected chi connectivity index (χ1v) is 5.21. The molecule has 0 radical (unpaired) electrons. The number of carbonyl (C=O) groups excluding carboxylic acids is 1. The van der Waals surface area contributed by atoms with Crippen molar-refractivity contribution in [3.05, 3.63) is 23.2 Å². The zero-order valence-corrected chi connectivity index (χ0v) is 8.96. The Morgan fingerprint density at radius 3 is 2.57 bits per heavy atom. The van der Waals surface area contributed by atoms with Gasteiger partial charge in [0, 0.05) is 5.92 Å². The average molecular weight is 192 g/mol. The van der Waals surface area contributed by atoms with Crippen LogP contribution in [0.4, 0.5) is 0 Å². The maximum absolute atomic E-state index is 12.0. The summed E-state index contributed by atoms with van der Waals surface area (Å²) in [5, 5.41) is 0. The Kier molecular flexibility index (Phi) is 2.22. The summed E-state index contributed by atoms with van der Waals surface area (Å²) >= 11 is 0. The van der Waals surface area contributed by atoms with Crippen LogP contribution in [0.25, 0.3) is 0 Å². The SMILES string of the molecule is Cc1cc(C(=O)C(C)C2CC2)c(C)o1. The molecule has 2 rings (SSSR count). The second-order valence-electron chi connectivity index (χ2n) is 4.32. The molecule has 1 unspecified atom stereocenters. The highest BCUT2D eigenvalue weighted by Gasteiger charge is 2.34. The third kappa shape index (κ3) is 1.61. The van der Waals surface area contributed by atoms with E-state index in [9.17, 15) is 4.79 Å². The van der Waals surface area contributed by atoms with Crippen LogP contribution in [-0.2, 0) is 0 Å². The van der Waals surface area contributed by atoms with Crippen molar-refractivity contribution in [3.63, 3.8) is 0 Å². The second kappa shape index (κ2) is 3.26. The van der Waals surface area contributed by atoms with Crippen molar-refractivity contribution in [2.75, 3.05) is 0 Å². The Morgan fingerprint density at radius 2 is 2.14 bits per heavy atom. The van der Waals surface area contributed by atoms with E-state index in [1.165, 1.54) is 12.8 Å². The highest BCUT2D eigenvalue weighted by atomic mass is 16.3. The van der Waals surface area contributed by atoms with E-state index in [0.717, 1.165) is 17.1 Å². The molecule has 1 aromatic rings. The van der Waals surface area contributed by atoms with Gasteiger partial charge in [-0.15, -0.1) is 0 Å². The number of Topliss-reactive ketones (excluding diaryl/α,β-unsaturated/α-hetero) is 1. The summed E-state index contributed by atoms with van der Waals surface area (Å²) in [6.07, 6.45) is 2.42. The van der Waals surface area contributed by atoms with Crippen LogP contribution in [0.1, 0.15) is 41.6 Å². The maximum atomic E-state index is 12.0. The maximum Gasteiger partial charge on any atom is 0.169 e. The average Bonchev–Trinajstić information content (AvgIpc) is 2.90. The van der Waals surface area contributed by atoms with Gasteiger partial charge < -0.3 is 4.42 Å². The minimum absolute atomic E-state index is 0.172. The normalized spacial score (nSPS) is 18.2. The van der Waals surface area contributed by atoms with E-state index in [1.54, 1.807) is 0 Å². The standard InChI is InChI=1S/C12H16O2/c1-7-6-11(9(3)14-7)12(13)8(2)10-4-5-10/h6,8,10H,4-5H2,1-3H3. The molecule has 2 heteroatoms. The lowest BCUT2D eigenvalue weighted by Crippen LogP contribution is -2.13. The largest absolute Gasteiger partial charge is 0.466 e. The predicted molar refractivity (Wildman–Crippen MR) is 54.4 cm³/mol. The van der Waals surface area contributed by atoms with Gasteiger partial charge in [0.05, 0.1) is 5.56 Å². The number of hydrogen-bond acceptors (Lipinski definition) is 2. The van der Waals surface area contributed by atoms with Crippen molar-refractivity contribution < 1.29 is 9.21 Å². The lowest BCUT2D eigenvalue weighted by atomic mass is 9.95. The van der Waals surface area contributed by atoms with Crippen molar-refractivity contribution in [2.24, 2.45) is 11.8 Å². The second-order valence-corrected chi connectivity index (χ2v) is 4.32. The molecule has 0 saturated heterocycles. The molecule has 0 spiro atoms. The van der Waals surface area contributed by atoms with Gasteiger partial charge in [-0.1, -0.05) is 6.92 Å². The van der Waals surface area contributed by atoms with Crippen LogP contribution in [0.3, 0.4) is 0 Å². The Morgan fingerprint density at radius 1 is 1.50 bits per heavy atom. The molecule has 0 amide bonds. The van der Waals surface area contributed by atoms with E-state index in [2.05, 4.69) is 0 Å². The fourth-order valence-electron chi connectivity index (χ4n) is 1.93. The van der Waals surface area contributed by atoms with Gasteiger partial charge in [-0.2, -0.15) is 0 Å². The van der Waals surface area contributed by atoms with E-state index in [0.29, 0.717) is 5.92 Å². The summed E-state index contributed by atoms with van der Waals surface area (Å²) in [4.78, 5) is 12.0. The predicted octanol–water partition coefficient (Wildman–Crippen LogP) is 3.13. The first-order chi connectivity index (χ1) is 6.59. The van der Waals surface area contributed by atoms with Crippen LogP contribution in [0.5, 0.6) is 0 Å². The van der Waals surface area contributed by atoms with Crippen LogP contribution in [-0.4, -0.2) is 5.78 Å². The Hall–Kier alpha value is -1.05. The van der Waals surface area contributed by atoms with Crippen LogP contribution >= 0.6 is 0 Å². The molecule has 1 fully saturated rings. The molecule has 14 heavy (non-hydrogen) atoms. The lowest BCUT2D eigenvalue weighted by molar-refractivity contribution is 0.0914. The Bertz CT molecular complexity index is 358. The highest BCUT2D eigenvalue weighted by molar-refractivity contribution is 5.98. The fourth-order valence-corrected chi connectivity index (χ4v) is 1.93. The quantitative estimate of drug-likeness (QED) is 0.689. The van der Waals surface area contributed by atoms with Crippen LogP contribution in [0.2, 0.25) is 0 Å². The van der Waals surface area contributed by atoms with E-state index in [1.807, 2.05) is 26.8 Å². The molecule has 1 atom stereocenters. The molecule has 0 N–H and O–H groups in total. The minimum Gasteiger partial charge on any atom is -0.466 e. The van der Waals surface area contributed by atoms with E-state index < -0.39 is 0 Å². The Labute approximate surface area is 84.3 Å². The van der Waals surface area contributed by atoms with E-state index in [-0.39, 0.29) is 11.7 Å². The molecule has 0 aliphatic heterocycles. The molecular formula is C12H16O2. The van der Waals surface area contributed by atoms with Gasteiger partial charge in [0.2, 0.25) is 0 Å². The Balaban J connectivity index is 2.21. The van der Waals surface area contributed by atoms with Crippen molar-refractivity contribution >= 4 is 5.78 Å². The monoisotopic (exact) mass is 192 g/mol. The summed E-state index contributed by atoms with van der Waals surface area (Å²) < 4.78 is 5.37. The molecule has 76 valence electrons. The number of ketones is 1. The number of hydrogen-bond donors (Lipinski definition) is 0. The van der Waals surface area contributed by atoms with E-state index >= 15 is 0 Å². The topological polar surface area (TPSA) is 30.2 Å². The number of aryl methyl sites for hydroxylation is 2. The molecule has 1 saturated carbocycles. The molecule has 1 aliphatic carbocycles. The third-order valence-corrected chi connectivity index (χ3v) is 3.05.